The summed E-state index contributed by atoms with van der Waals surface area (Å²) >= 11 is 0. The van der Waals surface area contributed by atoms with E-state index >= 15 is 0 Å². The van der Waals surface area contributed by atoms with Crippen LogP contribution in [0.2, 0.25) is 0 Å². The summed E-state index contributed by atoms with van der Waals surface area (Å²) in [5.74, 6) is 0.506. The van der Waals surface area contributed by atoms with E-state index in [1.807, 2.05) is 47.3 Å². The van der Waals surface area contributed by atoms with E-state index < -0.39 is 0 Å². The molecule has 0 aliphatic carbocycles. The summed E-state index contributed by atoms with van der Waals surface area (Å²) in [6, 6.07) is 9.93. The van der Waals surface area contributed by atoms with E-state index in [1.54, 1.807) is 12.5 Å². The van der Waals surface area contributed by atoms with Gasteiger partial charge in [0.2, 0.25) is 5.96 Å². The van der Waals surface area contributed by atoms with Crippen LogP contribution in [0.5, 0.6) is 0 Å². The van der Waals surface area contributed by atoms with Crippen molar-refractivity contribution in [2.24, 2.45) is 4.99 Å². The van der Waals surface area contributed by atoms with Crippen LogP contribution in [0.15, 0.2) is 54.0 Å². The van der Waals surface area contributed by atoms with Gasteiger partial charge in [0, 0.05) is 25.5 Å². The number of nitrogens with zero attached hydrogens (tertiary/aromatic N) is 4. The Morgan fingerprint density at radius 1 is 1.33 bits per heavy atom. The largest absolute Gasteiger partial charge is 0.355 e. The van der Waals surface area contributed by atoms with Crippen molar-refractivity contribution in [1.29, 1.82) is 5.26 Å². The maximum Gasteiger partial charge on any atom is 0.205 e. The summed E-state index contributed by atoms with van der Waals surface area (Å²) in [5.41, 5.74) is 1.11. The Hall–Kier alpha value is -2.81. The van der Waals surface area contributed by atoms with Gasteiger partial charge in [0.1, 0.15) is 0 Å². The second kappa shape index (κ2) is 8.38. The number of nitrogens with one attached hydrogen (secondary N) is 2. The molecule has 1 aromatic carbocycles. The van der Waals surface area contributed by atoms with Crippen LogP contribution in [0, 0.1) is 11.5 Å². The molecular formula is C15H18N6. The van der Waals surface area contributed by atoms with Gasteiger partial charge in [-0.1, -0.05) is 30.3 Å². The number of aromatic nitrogens is 2. The highest BCUT2D eigenvalue weighted by molar-refractivity contribution is 5.81. The third-order valence-corrected chi connectivity index (χ3v) is 2.88. The Balaban J connectivity index is 1.77. The van der Waals surface area contributed by atoms with Gasteiger partial charge in [-0.05, 0) is 12.0 Å². The third kappa shape index (κ3) is 5.37. The molecule has 0 fully saturated rings. The first-order chi connectivity index (χ1) is 10.4. The van der Waals surface area contributed by atoms with Crippen LogP contribution in [0.1, 0.15) is 12.0 Å². The lowest BCUT2D eigenvalue weighted by atomic mass is 10.2. The summed E-state index contributed by atoms with van der Waals surface area (Å²) in [5, 5.41) is 14.5. The van der Waals surface area contributed by atoms with Gasteiger partial charge in [0.25, 0.3) is 0 Å². The van der Waals surface area contributed by atoms with Crippen molar-refractivity contribution in [2.45, 2.75) is 19.5 Å². The average Bonchev–Trinajstić information content (AvgIpc) is 3.03. The van der Waals surface area contributed by atoms with Crippen LogP contribution in [-0.2, 0) is 13.1 Å². The van der Waals surface area contributed by atoms with E-state index in [0.717, 1.165) is 25.1 Å². The Labute approximate surface area is 124 Å². The maximum absolute atomic E-state index is 8.75. The molecule has 6 heteroatoms. The SMILES string of the molecule is N#CNC(=NCc1ccccc1)NCCCn1ccnc1. The molecule has 2 aromatic rings. The summed E-state index contributed by atoms with van der Waals surface area (Å²) in [7, 11) is 0. The second-order valence-corrected chi connectivity index (χ2v) is 4.47. The van der Waals surface area contributed by atoms with Gasteiger partial charge >= 0.3 is 0 Å². The summed E-state index contributed by atoms with van der Waals surface area (Å²) in [6.07, 6.45) is 8.30. The number of guanidine groups is 1. The minimum absolute atomic E-state index is 0.506. The molecule has 0 aliphatic rings. The molecule has 108 valence electrons. The number of hydrogen-bond donors (Lipinski definition) is 2. The van der Waals surface area contributed by atoms with E-state index in [-0.39, 0.29) is 0 Å². The van der Waals surface area contributed by atoms with Gasteiger partial charge in [0.05, 0.1) is 12.9 Å². The highest BCUT2D eigenvalue weighted by atomic mass is 15.2. The molecule has 0 spiro atoms. The highest BCUT2D eigenvalue weighted by Gasteiger charge is 1.98. The first-order valence-electron chi connectivity index (χ1n) is 6.81. The Morgan fingerprint density at radius 3 is 2.90 bits per heavy atom. The normalized spacial score (nSPS) is 10.9. The zero-order chi connectivity index (χ0) is 14.8. The lowest BCUT2D eigenvalue weighted by molar-refractivity contribution is 0.627. The smallest absolute Gasteiger partial charge is 0.205 e. The molecule has 2 N–H and O–H groups in total. The predicted octanol–water partition coefficient (Wildman–Crippen LogP) is 1.49. The van der Waals surface area contributed by atoms with Crippen LogP contribution < -0.4 is 10.6 Å². The minimum atomic E-state index is 0.506. The number of aryl methyl sites for hydroxylation is 1. The van der Waals surface area contributed by atoms with E-state index in [4.69, 9.17) is 5.26 Å². The number of nitriles is 1. The van der Waals surface area contributed by atoms with Crippen LogP contribution >= 0.6 is 0 Å². The predicted molar refractivity (Wildman–Crippen MR) is 81.2 cm³/mol. The van der Waals surface area contributed by atoms with Gasteiger partial charge in [0.15, 0.2) is 6.19 Å². The minimum Gasteiger partial charge on any atom is -0.355 e. The molecule has 0 bridgehead atoms. The van der Waals surface area contributed by atoms with Crippen molar-refractivity contribution in [3.05, 3.63) is 54.6 Å². The Bertz CT molecular complexity index is 582. The Kier molecular flexibility index (Phi) is 5.82. The summed E-state index contributed by atoms with van der Waals surface area (Å²) < 4.78 is 2.01. The second-order valence-electron chi connectivity index (χ2n) is 4.47. The fourth-order valence-electron chi connectivity index (χ4n) is 1.83. The van der Waals surface area contributed by atoms with E-state index in [9.17, 15) is 0 Å². The van der Waals surface area contributed by atoms with E-state index in [2.05, 4.69) is 20.6 Å². The van der Waals surface area contributed by atoms with Crippen molar-refractivity contribution < 1.29 is 0 Å². The number of aliphatic imine (C=N–C) groups is 1. The Morgan fingerprint density at radius 2 is 2.19 bits per heavy atom. The lowest BCUT2D eigenvalue weighted by Gasteiger charge is -2.08. The van der Waals surface area contributed by atoms with Crippen molar-refractivity contribution in [2.75, 3.05) is 6.54 Å². The third-order valence-electron chi connectivity index (χ3n) is 2.88. The van der Waals surface area contributed by atoms with Crippen LogP contribution in [0.3, 0.4) is 0 Å². The van der Waals surface area contributed by atoms with Crippen molar-refractivity contribution in [3.63, 3.8) is 0 Å². The fraction of sp³-hybridized carbons (Fsp3) is 0.267. The molecule has 2 rings (SSSR count). The molecule has 0 atom stereocenters. The first-order valence-corrected chi connectivity index (χ1v) is 6.81. The summed E-state index contributed by atoms with van der Waals surface area (Å²) in [4.78, 5) is 8.36. The first kappa shape index (κ1) is 14.6. The number of benzene rings is 1. The quantitative estimate of drug-likeness (QED) is 0.277. The van der Waals surface area contributed by atoms with Crippen LogP contribution in [-0.4, -0.2) is 22.1 Å². The summed E-state index contributed by atoms with van der Waals surface area (Å²) in [6.45, 7) is 2.16. The van der Waals surface area contributed by atoms with Crippen LogP contribution in [0.4, 0.5) is 0 Å². The fourth-order valence-corrected chi connectivity index (χ4v) is 1.83. The topological polar surface area (TPSA) is 78.0 Å². The molecule has 0 amide bonds. The van der Waals surface area contributed by atoms with Crippen LogP contribution in [0.25, 0.3) is 0 Å². The number of hydrogen-bond acceptors (Lipinski definition) is 3. The molecule has 1 aromatic heterocycles. The molecule has 0 saturated heterocycles. The zero-order valence-corrected chi connectivity index (χ0v) is 11.7. The number of imidazole rings is 1. The van der Waals surface area contributed by atoms with Crippen molar-refractivity contribution in [1.82, 2.24) is 20.2 Å². The molecule has 0 aliphatic heterocycles. The maximum atomic E-state index is 8.75. The average molecular weight is 282 g/mol. The molecule has 0 radical (unpaired) electrons. The molecular weight excluding hydrogens is 264 g/mol. The van der Waals surface area contributed by atoms with Crippen molar-refractivity contribution in [3.8, 4) is 6.19 Å². The van der Waals surface area contributed by atoms with Gasteiger partial charge < -0.3 is 9.88 Å². The zero-order valence-electron chi connectivity index (χ0n) is 11.7. The molecule has 0 saturated carbocycles. The monoisotopic (exact) mass is 282 g/mol. The molecule has 1 heterocycles. The molecule has 6 nitrogen and oxygen atoms in total. The van der Waals surface area contributed by atoms with Gasteiger partial charge in [-0.25, -0.2) is 9.98 Å². The molecule has 0 unspecified atom stereocenters. The van der Waals surface area contributed by atoms with Crippen molar-refractivity contribution >= 4 is 5.96 Å². The van der Waals surface area contributed by atoms with Gasteiger partial charge in [-0.2, -0.15) is 5.26 Å². The van der Waals surface area contributed by atoms with Gasteiger partial charge in [-0.15, -0.1) is 0 Å². The number of rotatable bonds is 6. The standard InChI is InChI=1S/C15H18N6/c16-12-20-15(19-11-14-5-2-1-3-6-14)18-7-4-9-21-10-8-17-13-21/h1-3,5-6,8,10,13H,4,7,9,11H2,(H2,18,19,20). The molecule has 21 heavy (non-hydrogen) atoms. The van der Waals surface area contributed by atoms with E-state index in [0.29, 0.717) is 12.5 Å². The lowest BCUT2D eigenvalue weighted by Crippen LogP contribution is -2.35. The van der Waals surface area contributed by atoms with Gasteiger partial charge in [-0.3, -0.25) is 5.32 Å². The van der Waals surface area contributed by atoms with E-state index in [1.165, 1.54) is 0 Å². The highest BCUT2D eigenvalue weighted by Crippen LogP contribution is 1.99.